The number of amidine groups is 1. The molecule has 0 saturated heterocycles. The largest absolute Gasteiger partial charge is 0.409 e. The van der Waals surface area contributed by atoms with Gasteiger partial charge in [0.2, 0.25) is 0 Å². The van der Waals surface area contributed by atoms with Gasteiger partial charge >= 0.3 is 0 Å². The van der Waals surface area contributed by atoms with E-state index < -0.39 is 0 Å². The Labute approximate surface area is 118 Å². The van der Waals surface area contributed by atoms with E-state index in [1.807, 2.05) is 11.8 Å². The molecule has 0 radical (unpaired) electrons. The van der Waals surface area contributed by atoms with E-state index in [1.54, 1.807) is 20.3 Å². The van der Waals surface area contributed by atoms with Gasteiger partial charge in [0.05, 0.1) is 31.0 Å². The topological polar surface area (TPSA) is 106 Å². The van der Waals surface area contributed by atoms with Crippen LogP contribution in [0.5, 0.6) is 0 Å². The van der Waals surface area contributed by atoms with Gasteiger partial charge in [-0.15, -0.1) is 5.10 Å². The molecule has 20 heavy (non-hydrogen) atoms. The standard InChI is InChI=1S/C12H21N5O3/c1-9(8-20-3)17(6-7-19-2)12-10(11(13)16-18)4-5-14-15-12/h4-5,9,18H,6-8H2,1-3H3,(H2,13,16). The lowest BCUT2D eigenvalue weighted by Crippen LogP contribution is -2.40. The number of methoxy groups -OCH3 is 2. The first-order chi connectivity index (χ1) is 9.65. The molecular formula is C12H21N5O3. The molecule has 3 N–H and O–H groups in total. The van der Waals surface area contributed by atoms with E-state index in [9.17, 15) is 0 Å². The predicted molar refractivity (Wildman–Crippen MR) is 75.1 cm³/mol. The molecule has 0 spiro atoms. The molecule has 0 aliphatic rings. The first kappa shape index (κ1) is 16.1. The van der Waals surface area contributed by atoms with Crippen molar-refractivity contribution in [2.45, 2.75) is 13.0 Å². The molecule has 0 amide bonds. The summed E-state index contributed by atoms with van der Waals surface area (Å²) in [6.07, 6.45) is 1.49. The van der Waals surface area contributed by atoms with Crippen molar-refractivity contribution in [3.05, 3.63) is 17.8 Å². The Balaban J connectivity index is 3.12. The van der Waals surface area contributed by atoms with Gasteiger partial charge in [-0.05, 0) is 13.0 Å². The number of aromatic nitrogens is 2. The van der Waals surface area contributed by atoms with Crippen molar-refractivity contribution < 1.29 is 14.7 Å². The van der Waals surface area contributed by atoms with Crippen LogP contribution in [-0.2, 0) is 9.47 Å². The summed E-state index contributed by atoms with van der Waals surface area (Å²) in [5, 5.41) is 19.8. The Morgan fingerprint density at radius 2 is 2.25 bits per heavy atom. The number of ether oxygens (including phenoxy) is 2. The molecule has 1 unspecified atom stereocenters. The van der Waals surface area contributed by atoms with Gasteiger partial charge < -0.3 is 25.3 Å². The highest BCUT2D eigenvalue weighted by molar-refractivity contribution is 6.01. The van der Waals surface area contributed by atoms with Crippen LogP contribution in [0.2, 0.25) is 0 Å². The average Bonchev–Trinajstić information content (AvgIpc) is 2.47. The summed E-state index contributed by atoms with van der Waals surface area (Å²) >= 11 is 0. The maximum Gasteiger partial charge on any atom is 0.173 e. The van der Waals surface area contributed by atoms with Gasteiger partial charge in [0.1, 0.15) is 0 Å². The smallest absolute Gasteiger partial charge is 0.173 e. The van der Waals surface area contributed by atoms with Crippen LogP contribution in [0.15, 0.2) is 17.4 Å². The number of rotatable bonds is 8. The summed E-state index contributed by atoms with van der Waals surface area (Å²) < 4.78 is 10.3. The van der Waals surface area contributed by atoms with E-state index in [2.05, 4.69) is 15.4 Å². The highest BCUT2D eigenvalue weighted by Gasteiger charge is 2.21. The second-order valence-electron chi connectivity index (χ2n) is 4.24. The first-order valence-corrected chi connectivity index (χ1v) is 6.19. The highest BCUT2D eigenvalue weighted by atomic mass is 16.5. The van der Waals surface area contributed by atoms with Crippen LogP contribution in [0.3, 0.4) is 0 Å². The average molecular weight is 283 g/mol. The predicted octanol–water partition coefficient (Wildman–Crippen LogP) is 0.0588. The lowest BCUT2D eigenvalue weighted by molar-refractivity contribution is 0.170. The van der Waals surface area contributed by atoms with E-state index in [4.69, 9.17) is 20.4 Å². The minimum Gasteiger partial charge on any atom is -0.409 e. The van der Waals surface area contributed by atoms with Gasteiger partial charge in [-0.3, -0.25) is 0 Å². The molecule has 1 aromatic heterocycles. The van der Waals surface area contributed by atoms with E-state index in [0.717, 1.165) is 0 Å². The van der Waals surface area contributed by atoms with Gasteiger partial charge in [0.25, 0.3) is 0 Å². The summed E-state index contributed by atoms with van der Waals surface area (Å²) in [6, 6.07) is 1.69. The monoisotopic (exact) mass is 283 g/mol. The fraction of sp³-hybridized carbons (Fsp3) is 0.583. The fourth-order valence-electron chi connectivity index (χ4n) is 1.85. The molecule has 1 aromatic rings. The molecule has 8 heteroatoms. The number of hydrogen-bond donors (Lipinski definition) is 2. The molecule has 0 saturated carbocycles. The Morgan fingerprint density at radius 1 is 1.50 bits per heavy atom. The molecule has 8 nitrogen and oxygen atoms in total. The third-order valence-electron chi connectivity index (χ3n) is 2.83. The van der Waals surface area contributed by atoms with Gasteiger partial charge in [0, 0.05) is 20.8 Å². The van der Waals surface area contributed by atoms with Gasteiger partial charge in [-0.2, -0.15) is 5.10 Å². The Kier molecular flexibility index (Phi) is 6.68. The highest BCUT2D eigenvalue weighted by Crippen LogP contribution is 2.18. The lowest BCUT2D eigenvalue weighted by Gasteiger charge is -2.30. The maximum atomic E-state index is 8.86. The molecule has 1 rings (SSSR count). The zero-order chi connectivity index (χ0) is 15.0. The van der Waals surface area contributed by atoms with Gasteiger partial charge in [-0.1, -0.05) is 5.16 Å². The van der Waals surface area contributed by atoms with Crippen molar-refractivity contribution in [3.8, 4) is 0 Å². The zero-order valence-electron chi connectivity index (χ0n) is 12.0. The van der Waals surface area contributed by atoms with Crippen molar-refractivity contribution >= 4 is 11.7 Å². The van der Waals surface area contributed by atoms with Crippen LogP contribution in [0, 0.1) is 0 Å². The third-order valence-corrected chi connectivity index (χ3v) is 2.83. The summed E-state index contributed by atoms with van der Waals surface area (Å²) in [4.78, 5) is 1.95. The van der Waals surface area contributed by atoms with Crippen LogP contribution in [0.25, 0.3) is 0 Å². The minimum absolute atomic E-state index is 0.0121. The summed E-state index contributed by atoms with van der Waals surface area (Å²) in [6.45, 7) is 3.60. The normalized spacial score (nSPS) is 13.2. The maximum absolute atomic E-state index is 8.86. The fourth-order valence-corrected chi connectivity index (χ4v) is 1.85. The van der Waals surface area contributed by atoms with Crippen LogP contribution in [0.4, 0.5) is 5.82 Å². The molecule has 1 heterocycles. The lowest BCUT2D eigenvalue weighted by atomic mass is 10.2. The summed E-state index contributed by atoms with van der Waals surface area (Å²) in [7, 11) is 3.26. The van der Waals surface area contributed by atoms with E-state index in [1.165, 1.54) is 6.20 Å². The van der Waals surface area contributed by atoms with Crippen LogP contribution < -0.4 is 10.6 Å². The number of oxime groups is 1. The third kappa shape index (κ3) is 4.04. The summed E-state index contributed by atoms with van der Waals surface area (Å²) in [5.74, 6) is 0.520. The van der Waals surface area contributed by atoms with Crippen LogP contribution in [-0.4, -0.2) is 61.3 Å². The van der Waals surface area contributed by atoms with Crippen LogP contribution >= 0.6 is 0 Å². The van der Waals surface area contributed by atoms with Crippen molar-refractivity contribution in [2.24, 2.45) is 10.9 Å². The minimum atomic E-state index is -0.0121. The van der Waals surface area contributed by atoms with Crippen molar-refractivity contribution in [2.75, 3.05) is 38.9 Å². The second-order valence-corrected chi connectivity index (χ2v) is 4.24. The van der Waals surface area contributed by atoms with E-state index >= 15 is 0 Å². The van der Waals surface area contributed by atoms with Gasteiger partial charge in [-0.25, -0.2) is 0 Å². The first-order valence-electron chi connectivity index (χ1n) is 6.19. The molecule has 0 fully saturated rings. The van der Waals surface area contributed by atoms with Gasteiger partial charge in [0.15, 0.2) is 11.7 Å². The SMILES string of the molecule is COCCN(c1nnccc1/C(N)=N/O)C(C)COC. The number of anilines is 1. The quantitative estimate of drug-likeness (QED) is 0.301. The van der Waals surface area contributed by atoms with Crippen LogP contribution in [0.1, 0.15) is 12.5 Å². The molecule has 1 atom stereocenters. The molecular weight excluding hydrogens is 262 g/mol. The van der Waals surface area contributed by atoms with Crippen molar-refractivity contribution in [1.29, 1.82) is 0 Å². The number of nitrogens with two attached hydrogens (primary N) is 1. The Morgan fingerprint density at radius 3 is 2.85 bits per heavy atom. The second kappa shape index (κ2) is 8.28. The molecule has 0 aliphatic carbocycles. The molecule has 0 bridgehead atoms. The molecule has 112 valence electrons. The van der Waals surface area contributed by atoms with E-state index in [0.29, 0.717) is 31.1 Å². The van der Waals surface area contributed by atoms with E-state index in [-0.39, 0.29) is 11.9 Å². The van der Waals surface area contributed by atoms with Crippen molar-refractivity contribution in [1.82, 2.24) is 10.2 Å². The Bertz CT molecular complexity index is 441. The van der Waals surface area contributed by atoms with Crippen molar-refractivity contribution in [3.63, 3.8) is 0 Å². The zero-order valence-corrected chi connectivity index (χ0v) is 12.0. The molecule has 0 aromatic carbocycles. The number of nitrogens with zero attached hydrogens (tertiary/aromatic N) is 4. The Hall–Kier alpha value is -1.93. The number of hydrogen-bond acceptors (Lipinski definition) is 7. The summed E-state index contributed by atoms with van der Waals surface area (Å²) in [5.41, 5.74) is 6.19. The molecule has 0 aliphatic heterocycles.